The van der Waals surface area contributed by atoms with Crippen LogP contribution in [0.3, 0.4) is 0 Å². The van der Waals surface area contributed by atoms with Gasteiger partial charge in [0.15, 0.2) is 0 Å². The predicted octanol–water partition coefficient (Wildman–Crippen LogP) is 4.93. The number of imide groups is 2. The van der Waals surface area contributed by atoms with E-state index in [1.807, 2.05) is 0 Å². The van der Waals surface area contributed by atoms with Crippen molar-refractivity contribution in [1.29, 1.82) is 0 Å². The van der Waals surface area contributed by atoms with Gasteiger partial charge in [-0.25, -0.2) is 0 Å². The first-order chi connectivity index (χ1) is 17.0. The van der Waals surface area contributed by atoms with E-state index in [-0.39, 0.29) is 16.4 Å². The van der Waals surface area contributed by atoms with E-state index in [1.165, 1.54) is 51.4 Å². The molecule has 3 aliphatic rings. The molecule has 1 saturated heterocycles. The van der Waals surface area contributed by atoms with Crippen LogP contribution in [0.1, 0.15) is 53.5 Å². The van der Waals surface area contributed by atoms with Crippen molar-refractivity contribution < 1.29 is 14.4 Å². The second-order valence-electron chi connectivity index (χ2n) is 10.7. The van der Waals surface area contributed by atoms with Gasteiger partial charge in [0.1, 0.15) is 0 Å². The Kier molecular flexibility index (Phi) is 4.81. The Bertz CT molecular complexity index is 1520. The van der Waals surface area contributed by atoms with Crippen molar-refractivity contribution in [3.8, 4) is 0 Å². The van der Waals surface area contributed by atoms with Crippen molar-refractivity contribution in [3.63, 3.8) is 0 Å². The first-order valence-electron chi connectivity index (χ1n) is 12.0. The van der Waals surface area contributed by atoms with Crippen LogP contribution < -0.4 is 4.90 Å². The number of amides is 4. The predicted molar refractivity (Wildman–Crippen MR) is 141 cm³/mol. The second kappa shape index (κ2) is 7.44. The number of benzene rings is 2. The summed E-state index contributed by atoms with van der Waals surface area (Å²) in [6.07, 6.45) is 1.73. The van der Waals surface area contributed by atoms with Crippen LogP contribution in [0.25, 0.3) is 6.08 Å². The molecule has 6 rings (SSSR count). The van der Waals surface area contributed by atoms with Gasteiger partial charge in [0.05, 0.1) is 0 Å². The molecule has 1 fully saturated rings. The van der Waals surface area contributed by atoms with Crippen LogP contribution in [0.2, 0.25) is 0 Å². The Morgan fingerprint density at radius 3 is 1.94 bits per heavy atom. The van der Waals surface area contributed by atoms with Crippen molar-refractivity contribution in [2.75, 3.05) is 19.0 Å². The van der Waals surface area contributed by atoms with Crippen molar-refractivity contribution in [2.24, 2.45) is 0 Å². The van der Waals surface area contributed by atoms with Gasteiger partial charge in [0.2, 0.25) is 0 Å². The van der Waals surface area contributed by atoms with Crippen LogP contribution in [0.4, 0.5) is 19.9 Å². The number of barbiturate groups is 1. The van der Waals surface area contributed by atoms with E-state index in [0.717, 1.165) is 13.4 Å². The molecule has 0 atom stereocenters. The molecule has 0 radical (unpaired) electrons. The third kappa shape index (κ3) is 2.87. The third-order valence-corrected chi connectivity index (χ3v) is 11.0. The number of likely N-dealkylation sites (N-methyl/N-ethyl adjacent to an activating group) is 2. The van der Waals surface area contributed by atoms with E-state index in [4.69, 9.17) is 0 Å². The van der Waals surface area contributed by atoms with Crippen molar-refractivity contribution in [1.82, 2.24) is 9.80 Å². The summed E-state index contributed by atoms with van der Waals surface area (Å²) in [7, 11) is 2.83. The molecular formula is C29H27N3O3Te. The number of fused-ring (bicyclic) bond motifs is 4. The molecular weight excluding hydrogens is 566 g/mol. The fraction of sp³-hybridized carbons (Fsp3) is 0.276. The Balaban J connectivity index is 1.59. The van der Waals surface area contributed by atoms with Crippen molar-refractivity contribution in [3.05, 3.63) is 79.9 Å². The number of hydrogen-bond acceptors (Lipinski definition) is 4. The van der Waals surface area contributed by atoms with E-state index in [2.05, 4.69) is 81.1 Å². The van der Waals surface area contributed by atoms with Crippen LogP contribution >= 0.6 is 0 Å². The first kappa shape index (κ1) is 23.3. The van der Waals surface area contributed by atoms with E-state index >= 15 is 0 Å². The molecule has 0 spiro atoms. The molecule has 2 aromatic carbocycles. The summed E-state index contributed by atoms with van der Waals surface area (Å²) >= 11 is -0.930. The second-order valence-corrected chi connectivity index (χ2v) is 13.8. The number of rotatable bonds is 1. The molecule has 7 heteroatoms. The average Bonchev–Trinajstić information content (AvgIpc) is 3.29. The molecule has 182 valence electrons. The molecule has 0 bridgehead atoms. The van der Waals surface area contributed by atoms with Gasteiger partial charge in [-0.3, -0.25) is 0 Å². The number of urea groups is 1. The number of para-hydroxylation sites is 2. The molecule has 0 unspecified atom stereocenters. The molecule has 36 heavy (non-hydrogen) atoms. The average molecular weight is 593 g/mol. The molecule has 0 saturated carbocycles. The monoisotopic (exact) mass is 595 g/mol. The van der Waals surface area contributed by atoms with Crippen LogP contribution in [0, 0.1) is 0 Å². The van der Waals surface area contributed by atoms with Crippen LogP contribution in [-0.2, 0) is 20.4 Å². The van der Waals surface area contributed by atoms with Gasteiger partial charge in [-0.15, -0.1) is 0 Å². The first-order valence-corrected chi connectivity index (χ1v) is 14.3. The number of anilines is 3. The van der Waals surface area contributed by atoms with Gasteiger partial charge >= 0.3 is 221 Å². The number of carbonyl (C=O) groups is 3. The Morgan fingerprint density at radius 1 is 0.750 bits per heavy atom. The zero-order chi connectivity index (χ0) is 25.7. The summed E-state index contributed by atoms with van der Waals surface area (Å²) < 4.78 is 2.32. The van der Waals surface area contributed by atoms with Crippen molar-refractivity contribution in [2.45, 2.75) is 38.5 Å². The SMILES string of the molecule is CN1C(=O)C(=Cc2cc3c([te]2)N2c4ccccc4C(C)(C)c4cccc(c42)C3(C)C)C(=O)N(C)C1=O. The van der Waals surface area contributed by atoms with Crippen LogP contribution in [0.5, 0.6) is 0 Å². The molecule has 0 N–H and O–H groups in total. The number of nitrogens with zero attached hydrogens (tertiary/aromatic N) is 3. The Morgan fingerprint density at radius 2 is 1.31 bits per heavy atom. The van der Waals surface area contributed by atoms with Gasteiger partial charge in [0, 0.05) is 0 Å². The molecule has 0 aliphatic carbocycles. The number of hydrogen-bond donors (Lipinski definition) is 0. The summed E-state index contributed by atoms with van der Waals surface area (Å²) in [6, 6.07) is 16.8. The van der Waals surface area contributed by atoms with Gasteiger partial charge in [-0.2, -0.15) is 0 Å². The van der Waals surface area contributed by atoms with Crippen molar-refractivity contribution >= 4 is 59.4 Å². The zero-order valence-electron chi connectivity index (χ0n) is 21.2. The third-order valence-electron chi connectivity index (χ3n) is 7.96. The van der Waals surface area contributed by atoms with E-state index < -0.39 is 38.3 Å². The van der Waals surface area contributed by atoms with Gasteiger partial charge in [-0.1, -0.05) is 0 Å². The van der Waals surface area contributed by atoms with E-state index in [0.29, 0.717) is 0 Å². The summed E-state index contributed by atoms with van der Waals surface area (Å²) in [4.78, 5) is 42.4. The molecule has 3 aromatic rings. The maximum atomic E-state index is 12.9. The van der Waals surface area contributed by atoms with Gasteiger partial charge in [0.25, 0.3) is 0 Å². The van der Waals surface area contributed by atoms with Gasteiger partial charge in [-0.05, 0) is 0 Å². The summed E-state index contributed by atoms with van der Waals surface area (Å²) in [5.74, 6) is -1.09. The fourth-order valence-corrected chi connectivity index (χ4v) is 9.47. The Labute approximate surface area is 220 Å². The van der Waals surface area contributed by atoms with Crippen LogP contribution in [-0.4, -0.2) is 62.2 Å². The summed E-state index contributed by atoms with van der Waals surface area (Å²) in [6.45, 7) is 9.12. The zero-order valence-corrected chi connectivity index (χ0v) is 23.5. The molecule has 4 heterocycles. The normalized spacial score (nSPS) is 19.2. The fourth-order valence-electron chi connectivity index (χ4n) is 5.81. The van der Waals surface area contributed by atoms with Crippen LogP contribution in [0.15, 0.2) is 54.1 Å². The molecule has 6 nitrogen and oxygen atoms in total. The molecule has 4 amide bonds. The standard InChI is InChI=1S/C29H27N3O3Te/c1-28(2)18-10-7-8-13-22(18)32-23-19(28)11-9-12-20(23)29(3,4)21-15-16(36-26(21)32)14-17-24(33)30(5)27(35)31(6)25(17)34/h7-15H,1-6H3. The minimum atomic E-state index is -0.930. The van der Waals surface area contributed by atoms with E-state index in [1.54, 1.807) is 6.08 Å². The van der Waals surface area contributed by atoms with Gasteiger partial charge < -0.3 is 0 Å². The minimum absolute atomic E-state index is 0.0481. The quantitative estimate of drug-likeness (QED) is 0.229. The Hall–Kier alpha value is -3.14. The number of carbonyl (C=O) groups excluding carboxylic acids is 3. The molecule has 3 aliphatic heterocycles. The summed E-state index contributed by atoms with van der Waals surface area (Å²) in [5, 5.41) is 0. The summed E-state index contributed by atoms with van der Waals surface area (Å²) in [5.41, 5.74) is 7.29. The maximum absolute atomic E-state index is 12.9. The molecule has 1 aromatic heterocycles. The van der Waals surface area contributed by atoms with E-state index in [9.17, 15) is 14.4 Å². The topological polar surface area (TPSA) is 60.9 Å².